The number of primary amides is 1. The molecule has 1 aliphatic rings. The van der Waals surface area contributed by atoms with Gasteiger partial charge in [0.25, 0.3) is 6.43 Å². The molecule has 3 N–H and O–H groups in total. The van der Waals surface area contributed by atoms with Gasteiger partial charge in [-0.25, -0.2) is 8.78 Å². The Kier molecular flexibility index (Phi) is 6.13. The second-order valence-corrected chi connectivity index (χ2v) is 5.73. The molecule has 1 fully saturated rings. The molecule has 0 aromatic heterocycles. The molecule has 0 aliphatic heterocycles. The van der Waals surface area contributed by atoms with Crippen molar-refractivity contribution in [3.63, 3.8) is 0 Å². The Morgan fingerprint density at radius 2 is 2.11 bits per heavy atom. The molecular formula is C13H25F2N3O. The van der Waals surface area contributed by atoms with E-state index < -0.39 is 12.0 Å². The molecule has 112 valence electrons. The van der Waals surface area contributed by atoms with Gasteiger partial charge in [0, 0.05) is 6.04 Å². The molecule has 0 saturated heterocycles. The van der Waals surface area contributed by atoms with E-state index in [9.17, 15) is 13.6 Å². The molecule has 0 heterocycles. The van der Waals surface area contributed by atoms with E-state index in [2.05, 4.69) is 5.32 Å². The monoisotopic (exact) mass is 277 g/mol. The van der Waals surface area contributed by atoms with E-state index in [1.165, 1.54) is 0 Å². The van der Waals surface area contributed by atoms with E-state index in [0.717, 1.165) is 25.7 Å². The van der Waals surface area contributed by atoms with Crippen LogP contribution in [-0.2, 0) is 4.79 Å². The lowest BCUT2D eigenvalue weighted by atomic mass is 9.93. The van der Waals surface area contributed by atoms with E-state index in [1.54, 1.807) is 11.9 Å². The fourth-order valence-corrected chi connectivity index (χ4v) is 2.13. The molecule has 1 aliphatic carbocycles. The lowest BCUT2D eigenvalue weighted by molar-refractivity contribution is -0.124. The summed E-state index contributed by atoms with van der Waals surface area (Å²) in [5.74, 6) is -0.333. The number of hydrogen-bond donors (Lipinski definition) is 2. The minimum atomic E-state index is -2.29. The molecule has 0 radical (unpaired) electrons. The number of nitrogens with one attached hydrogen (secondary N) is 1. The van der Waals surface area contributed by atoms with Crippen LogP contribution in [0.4, 0.5) is 8.78 Å². The topological polar surface area (TPSA) is 58.4 Å². The average molecular weight is 277 g/mol. The Morgan fingerprint density at radius 3 is 2.58 bits per heavy atom. The van der Waals surface area contributed by atoms with Gasteiger partial charge in [-0.1, -0.05) is 0 Å². The molecule has 0 aromatic rings. The van der Waals surface area contributed by atoms with Crippen LogP contribution in [0.1, 0.15) is 39.0 Å². The number of alkyl halides is 2. The van der Waals surface area contributed by atoms with Crippen LogP contribution in [0, 0.1) is 0 Å². The van der Waals surface area contributed by atoms with Crippen LogP contribution in [0.5, 0.6) is 0 Å². The fourth-order valence-electron chi connectivity index (χ4n) is 2.13. The largest absolute Gasteiger partial charge is 0.368 e. The Bertz CT molecular complexity index is 298. The van der Waals surface area contributed by atoms with Crippen LogP contribution in [0.2, 0.25) is 0 Å². The van der Waals surface area contributed by atoms with Crippen molar-refractivity contribution >= 4 is 5.91 Å². The van der Waals surface area contributed by atoms with Gasteiger partial charge in [0.15, 0.2) is 0 Å². The van der Waals surface area contributed by atoms with Gasteiger partial charge >= 0.3 is 0 Å². The number of amides is 1. The van der Waals surface area contributed by atoms with Crippen LogP contribution in [-0.4, -0.2) is 49.0 Å². The van der Waals surface area contributed by atoms with Gasteiger partial charge in [0.05, 0.1) is 12.1 Å². The summed E-state index contributed by atoms with van der Waals surface area (Å²) in [6.07, 6.45) is 2.14. The van der Waals surface area contributed by atoms with Gasteiger partial charge in [0.2, 0.25) is 5.91 Å². The Hall–Kier alpha value is -0.750. The maximum Gasteiger partial charge on any atom is 0.251 e. The molecule has 19 heavy (non-hydrogen) atoms. The second-order valence-electron chi connectivity index (χ2n) is 5.73. The Labute approximate surface area is 113 Å². The summed E-state index contributed by atoms with van der Waals surface area (Å²) in [5, 5.41) is 3.28. The molecule has 1 amide bonds. The molecule has 0 bridgehead atoms. The average Bonchev–Trinajstić information content (AvgIpc) is 3.07. The van der Waals surface area contributed by atoms with Crippen LogP contribution < -0.4 is 11.1 Å². The summed E-state index contributed by atoms with van der Waals surface area (Å²) >= 11 is 0. The maximum atomic E-state index is 12.1. The van der Waals surface area contributed by atoms with Crippen molar-refractivity contribution in [1.29, 1.82) is 0 Å². The Balaban J connectivity index is 2.22. The first-order valence-corrected chi connectivity index (χ1v) is 6.88. The minimum Gasteiger partial charge on any atom is -0.368 e. The van der Waals surface area contributed by atoms with Crippen molar-refractivity contribution in [3.05, 3.63) is 0 Å². The third kappa shape index (κ3) is 6.29. The minimum absolute atomic E-state index is 0.201. The Morgan fingerprint density at radius 1 is 1.47 bits per heavy atom. The summed E-state index contributed by atoms with van der Waals surface area (Å²) in [6.45, 7) is 2.24. The van der Waals surface area contributed by atoms with Crippen molar-refractivity contribution in [2.75, 3.05) is 20.1 Å². The molecule has 1 saturated carbocycles. The van der Waals surface area contributed by atoms with Crippen molar-refractivity contribution in [2.45, 2.75) is 57.0 Å². The standard InChI is InChI=1S/C13H25F2N3O/c1-13(12(16)19,17-10-5-6-10)7-3-4-8-18(2)9-11(14)15/h10-11,17H,3-9H2,1-2H3,(H2,16,19). The number of nitrogens with zero attached hydrogens (tertiary/aromatic N) is 1. The van der Waals surface area contributed by atoms with Crippen molar-refractivity contribution in [1.82, 2.24) is 10.2 Å². The lowest BCUT2D eigenvalue weighted by Crippen LogP contribution is -2.54. The fraction of sp³-hybridized carbons (Fsp3) is 0.923. The molecular weight excluding hydrogens is 252 g/mol. The van der Waals surface area contributed by atoms with E-state index in [-0.39, 0.29) is 12.5 Å². The zero-order chi connectivity index (χ0) is 14.5. The van der Waals surface area contributed by atoms with Gasteiger partial charge in [-0.2, -0.15) is 0 Å². The number of hydrogen-bond acceptors (Lipinski definition) is 3. The van der Waals surface area contributed by atoms with E-state index >= 15 is 0 Å². The summed E-state index contributed by atoms with van der Waals surface area (Å²) < 4.78 is 24.3. The van der Waals surface area contributed by atoms with E-state index in [4.69, 9.17) is 5.73 Å². The number of nitrogens with two attached hydrogens (primary N) is 1. The van der Waals surface area contributed by atoms with E-state index in [0.29, 0.717) is 19.0 Å². The van der Waals surface area contributed by atoms with Crippen molar-refractivity contribution in [3.8, 4) is 0 Å². The quantitative estimate of drug-likeness (QED) is 0.593. The van der Waals surface area contributed by atoms with Gasteiger partial charge in [-0.05, 0) is 52.6 Å². The van der Waals surface area contributed by atoms with Gasteiger partial charge < -0.3 is 16.0 Å². The second kappa shape index (κ2) is 7.14. The predicted molar refractivity (Wildman–Crippen MR) is 71.1 cm³/mol. The molecule has 1 rings (SSSR count). The summed E-state index contributed by atoms with van der Waals surface area (Å²) in [4.78, 5) is 13.1. The van der Waals surface area contributed by atoms with Crippen molar-refractivity contribution < 1.29 is 13.6 Å². The van der Waals surface area contributed by atoms with Crippen LogP contribution in [0.3, 0.4) is 0 Å². The van der Waals surface area contributed by atoms with Gasteiger partial charge in [-0.3, -0.25) is 4.79 Å². The first-order chi connectivity index (χ1) is 8.83. The molecule has 6 heteroatoms. The normalized spacial score (nSPS) is 18.8. The van der Waals surface area contributed by atoms with Crippen LogP contribution in [0.25, 0.3) is 0 Å². The number of halogens is 2. The zero-order valence-corrected chi connectivity index (χ0v) is 11.8. The maximum absolute atomic E-state index is 12.1. The first kappa shape index (κ1) is 16.3. The third-order valence-electron chi connectivity index (χ3n) is 3.56. The molecule has 0 spiro atoms. The van der Waals surface area contributed by atoms with Crippen molar-refractivity contribution in [2.24, 2.45) is 5.73 Å². The van der Waals surface area contributed by atoms with Crippen LogP contribution >= 0.6 is 0 Å². The predicted octanol–water partition coefficient (Wildman–Crippen LogP) is 1.35. The highest BCUT2D eigenvalue weighted by molar-refractivity contribution is 5.84. The number of rotatable bonds is 10. The van der Waals surface area contributed by atoms with Gasteiger partial charge in [-0.15, -0.1) is 0 Å². The number of carbonyl (C=O) groups excluding carboxylic acids is 1. The van der Waals surface area contributed by atoms with Gasteiger partial charge in [0.1, 0.15) is 0 Å². The highest BCUT2D eigenvalue weighted by Crippen LogP contribution is 2.25. The molecule has 0 aromatic carbocycles. The molecule has 4 nitrogen and oxygen atoms in total. The van der Waals surface area contributed by atoms with E-state index in [1.807, 2.05) is 6.92 Å². The number of unbranched alkanes of at least 4 members (excludes halogenated alkanes) is 1. The summed E-state index contributed by atoms with van der Waals surface area (Å²) in [5.41, 5.74) is 4.78. The molecule has 1 atom stereocenters. The highest BCUT2D eigenvalue weighted by atomic mass is 19.3. The lowest BCUT2D eigenvalue weighted by Gasteiger charge is -2.28. The summed E-state index contributed by atoms with van der Waals surface area (Å²) in [6, 6.07) is 0.416. The number of carbonyl (C=O) groups is 1. The summed E-state index contributed by atoms with van der Waals surface area (Å²) in [7, 11) is 1.68. The third-order valence-corrected chi connectivity index (χ3v) is 3.56. The highest BCUT2D eigenvalue weighted by Gasteiger charge is 2.36. The SMILES string of the molecule is CN(CCCCC(C)(NC1CC1)C(N)=O)CC(F)F. The zero-order valence-electron chi connectivity index (χ0n) is 11.8. The molecule has 1 unspecified atom stereocenters. The first-order valence-electron chi connectivity index (χ1n) is 6.88. The smallest absolute Gasteiger partial charge is 0.251 e. The van der Waals surface area contributed by atoms with Crippen LogP contribution in [0.15, 0.2) is 0 Å².